The molecule has 1 unspecified atom stereocenters. The molecule has 128 valence electrons. The Morgan fingerprint density at radius 2 is 1.52 bits per heavy atom. The summed E-state index contributed by atoms with van der Waals surface area (Å²) in [4.78, 5) is 11.8. The number of carbonyl (C=O) groups is 1. The van der Waals surface area contributed by atoms with E-state index in [9.17, 15) is 4.79 Å². The van der Waals surface area contributed by atoms with Crippen LogP contribution >= 0.6 is 0 Å². The summed E-state index contributed by atoms with van der Waals surface area (Å²) in [6, 6.07) is 18.2. The lowest BCUT2D eigenvalue weighted by atomic mass is 9.88. The van der Waals surface area contributed by atoms with E-state index in [2.05, 4.69) is 31.2 Å². The van der Waals surface area contributed by atoms with Crippen molar-refractivity contribution in [3.05, 3.63) is 88.4 Å². The van der Waals surface area contributed by atoms with Gasteiger partial charge in [-0.05, 0) is 50.1 Å². The first kappa shape index (κ1) is 17.0. The number of benzene rings is 2. The molecule has 1 atom stereocenters. The van der Waals surface area contributed by atoms with Crippen LogP contribution in [0.15, 0.2) is 59.0 Å². The molecule has 3 rings (SSSR count). The lowest BCUT2D eigenvalue weighted by Crippen LogP contribution is -2.02. The van der Waals surface area contributed by atoms with Crippen LogP contribution in [-0.4, -0.2) is 12.9 Å². The minimum atomic E-state index is -0.0710. The van der Waals surface area contributed by atoms with Crippen LogP contribution in [0.4, 0.5) is 0 Å². The van der Waals surface area contributed by atoms with E-state index in [1.165, 1.54) is 5.56 Å². The summed E-state index contributed by atoms with van der Waals surface area (Å²) in [6.07, 6.45) is 0. The summed E-state index contributed by atoms with van der Waals surface area (Å²) in [5.41, 5.74) is 4.06. The number of hydrogen-bond acceptors (Lipinski definition) is 3. The summed E-state index contributed by atoms with van der Waals surface area (Å²) >= 11 is 0. The van der Waals surface area contributed by atoms with Crippen LogP contribution in [0.1, 0.15) is 51.4 Å². The van der Waals surface area contributed by atoms with Gasteiger partial charge in [0.2, 0.25) is 0 Å². The van der Waals surface area contributed by atoms with Crippen molar-refractivity contribution >= 4 is 5.78 Å². The van der Waals surface area contributed by atoms with Crippen molar-refractivity contribution in [1.82, 2.24) is 0 Å². The first-order chi connectivity index (χ1) is 12.0. The number of Topliss-reactive ketones (excluding diaryl/α,β-unsaturated/α-hetero) is 1. The lowest BCUT2D eigenvalue weighted by molar-refractivity contribution is 0.101. The van der Waals surface area contributed by atoms with Gasteiger partial charge in [-0.3, -0.25) is 4.79 Å². The smallest absolute Gasteiger partial charge is 0.163 e. The van der Waals surface area contributed by atoms with Crippen molar-refractivity contribution in [2.75, 3.05) is 7.11 Å². The Hall–Kier alpha value is -2.81. The van der Waals surface area contributed by atoms with E-state index in [0.29, 0.717) is 11.3 Å². The summed E-state index contributed by atoms with van der Waals surface area (Å²) in [7, 11) is 1.65. The minimum absolute atomic E-state index is 0.0184. The average molecular weight is 334 g/mol. The highest BCUT2D eigenvalue weighted by molar-refractivity contribution is 5.95. The number of hydrogen-bond donors (Lipinski definition) is 0. The molecule has 0 N–H and O–H groups in total. The van der Waals surface area contributed by atoms with Crippen LogP contribution in [-0.2, 0) is 0 Å². The van der Waals surface area contributed by atoms with Crippen LogP contribution in [0, 0.1) is 13.8 Å². The molecule has 1 heterocycles. The number of rotatable bonds is 5. The highest BCUT2D eigenvalue weighted by Gasteiger charge is 2.23. The molecule has 0 fully saturated rings. The highest BCUT2D eigenvalue weighted by Crippen LogP contribution is 2.35. The number of carbonyl (C=O) groups excluding carboxylic acids is 1. The van der Waals surface area contributed by atoms with E-state index in [4.69, 9.17) is 9.15 Å². The van der Waals surface area contributed by atoms with Gasteiger partial charge in [0.05, 0.1) is 18.6 Å². The van der Waals surface area contributed by atoms with E-state index in [-0.39, 0.29) is 11.7 Å². The van der Waals surface area contributed by atoms with E-state index in [0.717, 1.165) is 22.6 Å². The van der Waals surface area contributed by atoms with Crippen LogP contribution in [0.5, 0.6) is 5.75 Å². The third-order valence-corrected chi connectivity index (χ3v) is 4.46. The Morgan fingerprint density at radius 3 is 2.00 bits per heavy atom. The highest BCUT2D eigenvalue weighted by atomic mass is 16.5. The molecule has 0 saturated heterocycles. The van der Waals surface area contributed by atoms with E-state index < -0.39 is 0 Å². The fraction of sp³-hybridized carbons (Fsp3) is 0.227. The molecular formula is C22H22O3. The fourth-order valence-electron chi connectivity index (χ4n) is 3.07. The molecule has 3 nitrogen and oxygen atoms in total. The maximum absolute atomic E-state index is 11.8. The van der Waals surface area contributed by atoms with Crippen LogP contribution in [0.25, 0.3) is 0 Å². The SMILES string of the molecule is COc1ccc(C(c2ccc(C)cc2)c2cc(C(C)=O)c(C)o2)cc1. The van der Waals surface area contributed by atoms with Gasteiger partial charge in [-0.15, -0.1) is 0 Å². The van der Waals surface area contributed by atoms with Crippen LogP contribution in [0.2, 0.25) is 0 Å². The number of ether oxygens (including phenoxy) is 1. The number of aryl methyl sites for hydroxylation is 2. The molecule has 0 aliphatic rings. The second-order valence-corrected chi connectivity index (χ2v) is 6.29. The van der Waals surface area contributed by atoms with Gasteiger partial charge in [0.1, 0.15) is 17.3 Å². The van der Waals surface area contributed by atoms with Gasteiger partial charge in [-0.1, -0.05) is 42.0 Å². The lowest BCUT2D eigenvalue weighted by Gasteiger charge is -2.16. The second-order valence-electron chi connectivity index (χ2n) is 6.29. The molecule has 0 aliphatic carbocycles. The Kier molecular flexibility index (Phi) is 4.75. The summed E-state index contributed by atoms with van der Waals surface area (Å²) < 4.78 is 11.2. The monoisotopic (exact) mass is 334 g/mol. The maximum Gasteiger partial charge on any atom is 0.163 e. The molecule has 0 spiro atoms. The molecule has 25 heavy (non-hydrogen) atoms. The van der Waals surface area contributed by atoms with Gasteiger partial charge in [0, 0.05) is 0 Å². The summed E-state index contributed by atoms with van der Waals surface area (Å²) in [6.45, 7) is 5.47. The zero-order valence-electron chi connectivity index (χ0n) is 15.0. The van der Waals surface area contributed by atoms with Crippen molar-refractivity contribution in [2.24, 2.45) is 0 Å². The van der Waals surface area contributed by atoms with Gasteiger partial charge in [0.25, 0.3) is 0 Å². The van der Waals surface area contributed by atoms with Crippen molar-refractivity contribution < 1.29 is 13.9 Å². The molecule has 0 aliphatic heterocycles. The maximum atomic E-state index is 11.8. The van der Waals surface area contributed by atoms with Gasteiger partial charge in [0.15, 0.2) is 5.78 Å². The van der Waals surface area contributed by atoms with Gasteiger partial charge in [-0.25, -0.2) is 0 Å². The zero-order valence-corrected chi connectivity index (χ0v) is 15.0. The normalized spacial score (nSPS) is 12.0. The van der Waals surface area contributed by atoms with Crippen LogP contribution in [0.3, 0.4) is 0 Å². The Bertz CT molecular complexity index is 871. The predicted molar refractivity (Wildman–Crippen MR) is 98.6 cm³/mol. The van der Waals surface area contributed by atoms with Gasteiger partial charge in [-0.2, -0.15) is 0 Å². The van der Waals surface area contributed by atoms with Crippen LogP contribution < -0.4 is 4.74 Å². The van der Waals surface area contributed by atoms with Crippen molar-refractivity contribution in [2.45, 2.75) is 26.7 Å². The van der Waals surface area contributed by atoms with Crippen molar-refractivity contribution in [1.29, 1.82) is 0 Å². The Balaban J connectivity index is 2.12. The fourth-order valence-corrected chi connectivity index (χ4v) is 3.07. The molecule has 3 heteroatoms. The molecular weight excluding hydrogens is 312 g/mol. The zero-order chi connectivity index (χ0) is 18.0. The standard InChI is InChI=1S/C22H22O3/c1-14-5-7-17(8-6-14)22(18-9-11-19(24-4)12-10-18)21-13-20(15(2)23)16(3)25-21/h5-13,22H,1-4H3. The average Bonchev–Trinajstić information content (AvgIpc) is 2.99. The molecule has 0 bridgehead atoms. The Morgan fingerprint density at radius 1 is 0.960 bits per heavy atom. The van der Waals surface area contributed by atoms with E-state index in [1.54, 1.807) is 14.0 Å². The third-order valence-electron chi connectivity index (χ3n) is 4.46. The first-order valence-corrected chi connectivity index (χ1v) is 8.31. The van der Waals surface area contributed by atoms with E-state index >= 15 is 0 Å². The largest absolute Gasteiger partial charge is 0.497 e. The molecule has 0 amide bonds. The number of ketones is 1. The molecule has 0 radical (unpaired) electrons. The van der Waals surface area contributed by atoms with Gasteiger partial charge >= 0.3 is 0 Å². The number of furan rings is 1. The predicted octanol–water partition coefficient (Wildman–Crippen LogP) is 5.29. The van der Waals surface area contributed by atoms with Crippen molar-refractivity contribution in [3.8, 4) is 5.75 Å². The summed E-state index contributed by atoms with van der Waals surface area (Å²) in [5.74, 6) is 2.19. The first-order valence-electron chi connectivity index (χ1n) is 8.31. The molecule has 3 aromatic rings. The quantitative estimate of drug-likeness (QED) is 0.595. The molecule has 0 saturated carbocycles. The summed E-state index contributed by atoms with van der Waals surface area (Å²) in [5, 5.41) is 0. The van der Waals surface area contributed by atoms with Gasteiger partial charge < -0.3 is 9.15 Å². The second kappa shape index (κ2) is 6.98. The molecule has 1 aromatic heterocycles. The topological polar surface area (TPSA) is 39.4 Å². The van der Waals surface area contributed by atoms with E-state index in [1.807, 2.05) is 37.3 Å². The van der Waals surface area contributed by atoms with Crippen molar-refractivity contribution in [3.63, 3.8) is 0 Å². The molecule has 2 aromatic carbocycles. The Labute approximate surface area is 148 Å². The third kappa shape index (κ3) is 3.50. The minimum Gasteiger partial charge on any atom is -0.497 e. The number of methoxy groups -OCH3 is 1.